The fourth-order valence-corrected chi connectivity index (χ4v) is 1.03. The lowest BCUT2D eigenvalue weighted by molar-refractivity contribution is -0.134. The quantitative estimate of drug-likeness (QED) is 0.699. The predicted octanol–water partition coefficient (Wildman–Crippen LogP) is 2.03. The van der Waals surface area contributed by atoms with Crippen LogP contribution in [0.3, 0.4) is 0 Å². The Kier molecular flexibility index (Phi) is 2.43. The second-order valence-corrected chi connectivity index (χ2v) is 2.57. The summed E-state index contributed by atoms with van der Waals surface area (Å²) in [6.45, 7) is 0. The van der Waals surface area contributed by atoms with Crippen molar-refractivity contribution in [3.63, 3.8) is 0 Å². The van der Waals surface area contributed by atoms with Crippen molar-refractivity contribution >= 4 is 11.5 Å². The van der Waals surface area contributed by atoms with E-state index in [9.17, 15) is 13.2 Å². The average molecular weight is 182 g/mol. The van der Waals surface area contributed by atoms with Gasteiger partial charge in [-0.05, 0) is 11.5 Å². The van der Waals surface area contributed by atoms with E-state index in [-0.39, 0.29) is 12.2 Å². The van der Waals surface area contributed by atoms with Crippen LogP contribution in [-0.4, -0.2) is 15.5 Å². The molecular weight excluding hydrogens is 177 g/mol. The van der Waals surface area contributed by atoms with Crippen LogP contribution in [0.1, 0.15) is 12.2 Å². The Labute approximate surface area is 65.2 Å². The van der Waals surface area contributed by atoms with Crippen LogP contribution in [0.5, 0.6) is 0 Å². The van der Waals surface area contributed by atoms with Crippen LogP contribution >= 0.6 is 11.5 Å². The number of aromatic nitrogens is 2. The highest BCUT2D eigenvalue weighted by Gasteiger charge is 2.26. The van der Waals surface area contributed by atoms with Crippen molar-refractivity contribution < 1.29 is 13.2 Å². The molecule has 0 aliphatic carbocycles. The molecule has 6 heteroatoms. The SMILES string of the molecule is FC(F)(F)CCc1ncsn1. The number of hydrogen-bond donors (Lipinski definition) is 0. The van der Waals surface area contributed by atoms with Crippen LogP contribution in [0.4, 0.5) is 13.2 Å². The van der Waals surface area contributed by atoms with E-state index >= 15 is 0 Å². The first-order chi connectivity index (χ1) is 5.08. The number of nitrogens with zero attached hydrogens (tertiary/aromatic N) is 2. The van der Waals surface area contributed by atoms with Gasteiger partial charge in [-0.2, -0.15) is 17.5 Å². The van der Waals surface area contributed by atoms with Crippen LogP contribution in [0.25, 0.3) is 0 Å². The van der Waals surface area contributed by atoms with Crippen molar-refractivity contribution in [2.24, 2.45) is 0 Å². The minimum atomic E-state index is -4.11. The Bertz CT molecular complexity index is 206. The van der Waals surface area contributed by atoms with Crippen molar-refractivity contribution in [1.82, 2.24) is 9.36 Å². The highest BCUT2D eigenvalue weighted by Crippen LogP contribution is 2.20. The molecule has 11 heavy (non-hydrogen) atoms. The first-order valence-electron chi connectivity index (χ1n) is 2.90. The second kappa shape index (κ2) is 3.17. The van der Waals surface area contributed by atoms with Crippen LogP contribution in [0, 0.1) is 0 Å². The van der Waals surface area contributed by atoms with E-state index < -0.39 is 12.6 Å². The van der Waals surface area contributed by atoms with Gasteiger partial charge in [0, 0.05) is 6.42 Å². The Hall–Kier alpha value is -0.650. The molecule has 0 N–H and O–H groups in total. The number of hydrogen-bond acceptors (Lipinski definition) is 3. The topological polar surface area (TPSA) is 25.8 Å². The molecule has 1 aromatic rings. The summed E-state index contributed by atoms with van der Waals surface area (Å²) >= 11 is 1.06. The molecule has 0 amide bonds. The van der Waals surface area contributed by atoms with Gasteiger partial charge in [0.15, 0.2) is 0 Å². The third-order valence-corrected chi connectivity index (χ3v) is 1.55. The van der Waals surface area contributed by atoms with Crippen LogP contribution in [-0.2, 0) is 6.42 Å². The molecule has 0 saturated heterocycles. The van der Waals surface area contributed by atoms with Gasteiger partial charge >= 0.3 is 6.18 Å². The lowest BCUT2D eigenvalue weighted by atomic mass is 10.3. The minimum Gasteiger partial charge on any atom is -0.228 e. The number of rotatable bonds is 2. The first kappa shape index (κ1) is 8.45. The highest BCUT2D eigenvalue weighted by atomic mass is 32.1. The zero-order chi connectivity index (χ0) is 8.32. The number of aryl methyl sites for hydroxylation is 1. The summed E-state index contributed by atoms with van der Waals surface area (Å²) in [7, 11) is 0. The predicted molar refractivity (Wildman–Crippen MR) is 34.3 cm³/mol. The molecule has 62 valence electrons. The van der Waals surface area contributed by atoms with Gasteiger partial charge in [0.05, 0.1) is 6.42 Å². The lowest BCUT2D eigenvalue weighted by Crippen LogP contribution is -2.08. The maximum absolute atomic E-state index is 11.6. The highest BCUT2D eigenvalue weighted by molar-refractivity contribution is 7.03. The molecule has 1 rings (SSSR count). The standard InChI is InChI=1S/C5H5F3N2S/c6-5(7,8)2-1-4-9-3-11-10-4/h3H,1-2H2. The zero-order valence-electron chi connectivity index (χ0n) is 5.43. The molecule has 0 atom stereocenters. The van der Waals surface area contributed by atoms with Crippen LogP contribution in [0.2, 0.25) is 0 Å². The molecular formula is C5H5F3N2S. The summed E-state index contributed by atoms with van der Waals surface area (Å²) in [5.41, 5.74) is 1.42. The Morgan fingerprint density at radius 3 is 2.64 bits per heavy atom. The molecule has 0 bridgehead atoms. The lowest BCUT2D eigenvalue weighted by Gasteiger charge is -2.02. The van der Waals surface area contributed by atoms with E-state index in [4.69, 9.17) is 0 Å². The minimum absolute atomic E-state index is 0.118. The number of alkyl halides is 3. The van der Waals surface area contributed by atoms with Crippen molar-refractivity contribution in [3.8, 4) is 0 Å². The molecule has 0 saturated carbocycles. The smallest absolute Gasteiger partial charge is 0.228 e. The summed E-state index contributed by atoms with van der Waals surface area (Å²) in [6, 6.07) is 0. The van der Waals surface area contributed by atoms with Crippen LogP contribution < -0.4 is 0 Å². The third kappa shape index (κ3) is 3.31. The van der Waals surface area contributed by atoms with E-state index in [0.717, 1.165) is 11.5 Å². The second-order valence-electron chi connectivity index (χ2n) is 1.96. The number of halogens is 3. The Morgan fingerprint density at radius 1 is 1.45 bits per heavy atom. The summed E-state index contributed by atoms with van der Waals surface area (Å²) < 4.78 is 38.4. The van der Waals surface area contributed by atoms with Gasteiger partial charge in [0.25, 0.3) is 0 Å². The fourth-order valence-electron chi connectivity index (χ4n) is 0.556. The molecule has 2 nitrogen and oxygen atoms in total. The average Bonchev–Trinajstić information content (AvgIpc) is 2.32. The van der Waals surface area contributed by atoms with Gasteiger partial charge in [-0.1, -0.05) is 0 Å². The van der Waals surface area contributed by atoms with E-state index in [2.05, 4.69) is 9.36 Å². The van der Waals surface area contributed by atoms with Gasteiger partial charge in [-0.25, -0.2) is 4.98 Å². The van der Waals surface area contributed by atoms with Crippen molar-refractivity contribution in [1.29, 1.82) is 0 Å². The van der Waals surface area contributed by atoms with Crippen molar-refractivity contribution in [2.75, 3.05) is 0 Å². The van der Waals surface area contributed by atoms with E-state index in [1.165, 1.54) is 5.51 Å². The van der Waals surface area contributed by atoms with Gasteiger partial charge in [0.1, 0.15) is 11.3 Å². The molecule has 0 aliphatic heterocycles. The van der Waals surface area contributed by atoms with Crippen molar-refractivity contribution in [3.05, 3.63) is 11.3 Å². The Morgan fingerprint density at radius 2 is 2.18 bits per heavy atom. The molecule has 0 fully saturated rings. The normalized spacial score (nSPS) is 11.9. The Balaban J connectivity index is 2.35. The summed E-state index contributed by atoms with van der Waals surface area (Å²) in [4.78, 5) is 3.63. The molecule has 0 spiro atoms. The van der Waals surface area contributed by atoms with Gasteiger partial charge in [0.2, 0.25) is 0 Å². The molecule has 1 aromatic heterocycles. The summed E-state index contributed by atoms with van der Waals surface area (Å²) in [6.07, 6.45) is -5.07. The van der Waals surface area contributed by atoms with Gasteiger partial charge in [-0.3, -0.25) is 0 Å². The zero-order valence-corrected chi connectivity index (χ0v) is 6.24. The van der Waals surface area contributed by atoms with E-state index in [0.29, 0.717) is 0 Å². The van der Waals surface area contributed by atoms with Gasteiger partial charge < -0.3 is 0 Å². The van der Waals surface area contributed by atoms with Gasteiger partial charge in [-0.15, -0.1) is 0 Å². The molecule has 0 aliphatic rings. The monoisotopic (exact) mass is 182 g/mol. The summed E-state index contributed by atoms with van der Waals surface area (Å²) in [5, 5.41) is 0. The van der Waals surface area contributed by atoms with E-state index in [1.54, 1.807) is 0 Å². The molecule has 0 aromatic carbocycles. The van der Waals surface area contributed by atoms with E-state index in [1.807, 2.05) is 0 Å². The summed E-state index contributed by atoms with van der Waals surface area (Å²) in [5.74, 6) is 0.271. The molecule has 0 unspecified atom stereocenters. The van der Waals surface area contributed by atoms with Crippen LogP contribution in [0.15, 0.2) is 5.51 Å². The largest absolute Gasteiger partial charge is 0.389 e. The molecule has 1 heterocycles. The maximum Gasteiger partial charge on any atom is 0.389 e. The first-order valence-corrected chi connectivity index (χ1v) is 3.73. The maximum atomic E-state index is 11.6. The fraction of sp³-hybridized carbons (Fsp3) is 0.600. The van der Waals surface area contributed by atoms with Crippen molar-refractivity contribution in [2.45, 2.75) is 19.0 Å². The third-order valence-electron chi connectivity index (χ3n) is 1.04. The molecule has 0 radical (unpaired) electrons.